The van der Waals surface area contributed by atoms with Crippen LogP contribution in [0.25, 0.3) is 10.9 Å². The minimum atomic E-state index is -0.156. The predicted octanol–water partition coefficient (Wildman–Crippen LogP) is 3.78. The van der Waals surface area contributed by atoms with Crippen LogP contribution < -0.4 is 5.73 Å². The highest BCUT2D eigenvalue weighted by Crippen LogP contribution is 2.27. The van der Waals surface area contributed by atoms with Gasteiger partial charge in [-0.15, -0.1) is 0 Å². The maximum absolute atomic E-state index is 6.34. The Labute approximate surface area is 129 Å². The Bertz CT molecular complexity index is 792. The summed E-state index contributed by atoms with van der Waals surface area (Å²) in [6, 6.07) is 14.0. The SMILES string of the molecule is Cc1ccc(C(N)Cc2nn(C)c3ccccc23)c(Cl)c1. The molecular formula is C17H18ClN3. The number of hydrogen-bond acceptors (Lipinski definition) is 2. The molecule has 2 N–H and O–H groups in total. The molecule has 3 aromatic rings. The zero-order valence-electron chi connectivity index (χ0n) is 12.2. The molecule has 0 bridgehead atoms. The lowest BCUT2D eigenvalue weighted by molar-refractivity contribution is 0.682. The molecule has 1 atom stereocenters. The molecule has 0 aliphatic carbocycles. The van der Waals surface area contributed by atoms with E-state index in [2.05, 4.69) is 17.2 Å². The molecule has 0 saturated heterocycles. The van der Waals surface area contributed by atoms with Gasteiger partial charge in [0.05, 0.1) is 11.2 Å². The smallest absolute Gasteiger partial charge is 0.0722 e. The number of aromatic nitrogens is 2. The third-order valence-electron chi connectivity index (χ3n) is 3.80. The maximum atomic E-state index is 6.34. The van der Waals surface area contributed by atoms with Crippen LogP contribution in [-0.4, -0.2) is 9.78 Å². The lowest BCUT2D eigenvalue weighted by atomic mass is 10.00. The third kappa shape index (κ3) is 2.67. The van der Waals surface area contributed by atoms with Gasteiger partial charge in [-0.05, 0) is 30.2 Å². The zero-order chi connectivity index (χ0) is 15.0. The summed E-state index contributed by atoms with van der Waals surface area (Å²) in [5.41, 5.74) is 10.6. The number of fused-ring (bicyclic) bond motifs is 1. The first-order valence-corrected chi connectivity index (χ1v) is 7.36. The van der Waals surface area contributed by atoms with Gasteiger partial charge in [-0.1, -0.05) is 41.9 Å². The second-order valence-corrected chi connectivity index (χ2v) is 5.83. The van der Waals surface area contributed by atoms with E-state index in [4.69, 9.17) is 17.3 Å². The molecular weight excluding hydrogens is 282 g/mol. The molecule has 2 aromatic carbocycles. The van der Waals surface area contributed by atoms with Crippen molar-refractivity contribution in [1.29, 1.82) is 0 Å². The van der Waals surface area contributed by atoms with E-state index in [9.17, 15) is 0 Å². The van der Waals surface area contributed by atoms with Crippen LogP contribution in [0.1, 0.15) is 22.9 Å². The summed E-state index contributed by atoms with van der Waals surface area (Å²) in [5.74, 6) is 0. The first kappa shape index (κ1) is 14.1. The second-order valence-electron chi connectivity index (χ2n) is 5.42. The average Bonchev–Trinajstić information content (AvgIpc) is 2.76. The summed E-state index contributed by atoms with van der Waals surface area (Å²) in [5, 5.41) is 6.47. The monoisotopic (exact) mass is 299 g/mol. The fourth-order valence-corrected chi connectivity index (χ4v) is 3.07. The molecule has 0 spiro atoms. The van der Waals surface area contributed by atoms with Crippen molar-refractivity contribution in [3.63, 3.8) is 0 Å². The number of para-hydroxylation sites is 1. The Morgan fingerprint density at radius 1 is 1.24 bits per heavy atom. The Balaban J connectivity index is 1.94. The fraction of sp³-hybridized carbons (Fsp3) is 0.235. The molecule has 4 heteroatoms. The van der Waals surface area contributed by atoms with Gasteiger partial charge in [-0.25, -0.2) is 0 Å². The maximum Gasteiger partial charge on any atom is 0.0722 e. The molecule has 3 rings (SSSR count). The van der Waals surface area contributed by atoms with Crippen molar-refractivity contribution in [3.8, 4) is 0 Å². The minimum Gasteiger partial charge on any atom is -0.324 e. The van der Waals surface area contributed by atoms with Crippen LogP contribution in [-0.2, 0) is 13.5 Å². The van der Waals surface area contributed by atoms with Crippen molar-refractivity contribution in [3.05, 3.63) is 64.3 Å². The van der Waals surface area contributed by atoms with Crippen LogP contribution in [0.4, 0.5) is 0 Å². The molecule has 0 radical (unpaired) electrons. The topological polar surface area (TPSA) is 43.8 Å². The van der Waals surface area contributed by atoms with Crippen molar-refractivity contribution in [2.75, 3.05) is 0 Å². The van der Waals surface area contributed by atoms with E-state index >= 15 is 0 Å². The summed E-state index contributed by atoms with van der Waals surface area (Å²) >= 11 is 6.31. The van der Waals surface area contributed by atoms with Crippen LogP contribution in [0.15, 0.2) is 42.5 Å². The number of nitrogens with two attached hydrogens (primary N) is 1. The van der Waals surface area contributed by atoms with Crippen LogP contribution in [0.5, 0.6) is 0 Å². The Kier molecular flexibility index (Phi) is 3.70. The van der Waals surface area contributed by atoms with Gasteiger partial charge < -0.3 is 5.73 Å². The number of benzene rings is 2. The van der Waals surface area contributed by atoms with Crippen molar-refractivity contribution in [2.45, 2.75) is 19.4 Å². The standard InChI is InChI=1S/C17H18ClN3/c1-11-7-8-12(14(18)9-11)15(19)10-16-13-5-3-4-6-17(13)21(2)20-16/h3-9,15H,10,19H2,1-2H3. The van der Waals surface area contributed by atoms with Crippen molar-refractivity contribution >= 4 is 22.5 Å². The van der Waals surface area contributed by atoms with Gasteiger partial charge in [-0.3, -0.25) is 4.68 Å². The van der Waals surface area contributed by atoms with Gasteiger partial charge in [0.1, 0.15) is 0 Å². The number of rotatable bonds is 3. The van der Waals surface area contributed by atoms with Crippen molar-refractivity contribution in [2.24, 2.45) is 12.8 Å². The fourth-order valence-electron chi connectivity index (χ4n) is 2.69. The Hall–Kier alpha value is -1.84. The lowest BCUT2D eigenvalue weighted by Crippen LogP contribution is -2.14. The van der Waals surface area contributed by atoms with Crippen LogP contribution in [0.2, 0.25) is 5.02 Å². The highest BCUT2D eigenvalue weighted by Gasteiger charge is 2.15. The highest BCUT2D eigenvalue weighted by molar-refractivity contribution is 6.31. The molecule has 0 amide bonds. The van der Waals surface area contributed by atoms with Crippen LogP contribution in [0, 0.1) is 6.92 Å². The molecule has 1 unspecified atom stereocenters. The second kappa shape index (κ2) is 5.51. The van der Waals surface area contributed by atoms with E-state index in [1.807, 2.05) is 49.0 Å². The summed E-state index contributed by atoms with van der Waals surface area (Å²) in [6.45, 7) is 2.02. The van der Waals surface area contributed by atoms with E-state index in [1.165, 1.54) is 0 Å². The molecule has 0 aliphatic rings. The third-order valence-corrected chi connectivity index (χ3v) is 4.13. The van der Waals surface area contributed by atoms with Crippen molar-refractivity contribution < 1.29 is 0 Å². The lowest BCUT2D eigenvalue weighted by Gasteiger charge is -2.13. The molecule has 0 fully saturated rings. The predicted molar refractivity (Wildman–Crippen MR) is 87.5 cm³/mol. The van der Waals surface area contributed by atoms with E-state index < -0.39 is 0 Å². The number of aryl methyl sites for hydroxylation is 2. The quantitative estimate of drug-likeness (QED) is 0.800. The first-order chi connectivity index (χ1) is 10.1. The summed E-state index contributed by atoms with van der Waals surface area (Å²) in [7, 11) is 1.95. The minimum absolute atomic E-state index is 0.156. The summed E-state index contributed by atoms with van der Waals surface area (Å²) in [4.78, 5) is 0. The van der Waals surface area contributed by atoms with E-state index in [0.29, 0.717) is 6.42 Å². The number of hydrogen-bond donors (Lipinski definition) is 1. The molecule has 1 aromatic heterocycles. The average molecular weight is 300 g/mol. The van der Waals surface area contributed by atoms with Gasteiger partial charge in [0.15, 0.2) is 0 Å². The normalized spacial score (nSPS) is 12.8. The number of nitrogens with zero attached hydrogens (tertiary/aromatic N) is 2. The number of halogens is 1. The molecule has 1 heterocycles. The molecule has 0 aliphatic heterocycles. The molecule has 108 valence electrons. The van der Waals surface area contributed by atoms with E-state index in [1.54, 1.807) is 0 Å². The zero-order valence-corrected chi connectivity index (χ0v) is 12.9. The Morgan fingerprint density at radius 2 is 2.00 bits per heavy atom. The van der Waals surface area contributed by atoms with Gasteiger partial charge in [0.2, 0.25) is 0 Å². The summed E-state index contributed by atoms with van der Waals surface area (Å²) in [6.07, 6.45) is 0.671. The first-order valence-electron chi connectivity index (χ1n) is 6.98. The van der Waals surface area contributed by atoms with E-state index in [-0.39, 0.29) is 6.04 Å². The summed E-state index contributed by atoms with van der Waals surface area (Å²) < 4.78 is 1.90. The largest absolute Gasteiger partial charge is 0.324 e. The molecule has 3 nitrogen and oxygen atoms in total. The molecule has 0 saturated carbocycles. The van der Waals surface area contributed by atoms with E-state index in [0.717, 1.165) is 32.7 Å². The van der Waals surface area contributed by atoms with Crippen LogP contribution >= 0.6 is 11.6 Å². The van der Waals surface area contributed by atoms with Gasteiger partial charge in [-0.2, -0.15) is 5.10 Å². The van der Waals surface area contributed by atoms with Gasteiger partial charge >= 0.3 is 0 Å². The van der Waals surface area contributed by atoms with Gasteiger partial charge in [0.25, 0.3) is 0 Å². The van der Waals surface area contributed by atoms with Crippen molar-refractivity contribution in [1.82, 2.24) is 9.78 Å². The molecule has 21 heavy (non-hydrogen) atoms. The highest BCUT2D eigenvalue weighted by atomic mass is 35.5. The Morgan fingerprint density at radius 3 is 2.76 bits per heavy atom. The van der Waals surface area contributed by atoms with Gasteiger partial charge in [0, 0.05) is 29.9 Å². The van der Waals surface area contributed by atoms with Crippen LogP contribution in [0.3, 0.4) is 0 Å².